The molecule has 6 heteroatoms. The topological polar surface area (TPSA) is 84.7 Å². The van der Waals surface area contributed by atoms with Gasteiger partial charge in [-0.2, -0.15) is 0 Å². The van der Waals surface area contributed by atoms with E-state index in [0.717, 1.165) is 27.5 Å². The number of carbonyl (C=O) groups is 1. The monoisotopic (exact) mass is 332 g/mol. The molecule has 25 heavy (non-hydrogen) atoms. The number of fused-ring (bicyclic) bond motifs is 3. The number of hydrogen-bond acceptors (Lipinski definition) is 5. The molecule has 0 fully saturated rings. The van der Waals surface area contributed by atoms with Crippen LogP contribution in [0, 0.1) is 11.8 Å². The van der Waals surface area contributed by atoms with Crippen molar-refractivity contribution < 1.29 is 9.21 Å². The van der Waals surface area contributed by atoms with Gasteiger partial charge in [-0.1, -0.05) is 12.0 Å². The van der Waals surface area contributed by atoms with E-state index in [1.165, 1.54) is 4.90 Å². The Morgan fingerprint density at radius 3 is 2.92 bits per heavy atom. The lowest BCUT2D eigenvalue weighted by Crippen LogP contribution is -2.42. The van der Waals surface area contributed by atoms with Crippen molar-refractivity contribution in [3.05, 3.63) is 41.6 Å². The lowest BCUT2D eigenvalue weighted by molar-refractivity contribution is -0.127. The molecule has 2 aromatic heterocycles. The van der Waals surface area contributed by atoms with Crippen LogP contribution in [0.25, 0.3) is 22.1 Å². The smallest absolute Gasteiger partial charge is 0.231 e. The number of hydrogen-bond donors (Lipinski definition) is 1. The van der Waals surface area contributed by atoms with Crippen LogP contribution >= 0.6 is 0 Å². The molecule has 2 N–H and O–H groups in total. The zero-order chi connectivity index (χ0) is 17.6. The van der Waals surface area contributed by atoms with Crippen molar-refractivity contribution >= 4 is 33.9 Å². The first-order chi connectivity index (χ1) is 12.1. The van der Waals surface area contributed by atoms with Crippen LogP contribution in [0.15, 0.2) is 39.9 Å². The quantitative estimate of drug-likeness (QED) is 0.694. The van der Waals surface area contributed by atoms with Crippen LogP contribution in [-0.2, 0) is 4.79 Å². The molecule has 3 aromatic rings. The van der Waals surface area contributed by atoms with Gasteiger partial charge in [0, 0.05) is 29.6 Å². The minimum absolute atomic E-state index is 0.0446. The van der Waals surface area contributed by atoms with E-state index >= 15 is 0 Å². The van der Waals surface area contributed by atoms with Crippen molar-refractivity contribution in [2.75, 3.05) is 7.05 Å². The number of nitrogens with zero attached hydrogens (tertiary/aromatic N) is 3. The number of aliphatic imine (C=N–C) groups is 1. The number of pyridine rings is 1. The Balaban J connectivity index is 1.86. The molecule has 1 aromatic carbocycles. The molecule has 0 saturated carbocycles. The number of amides is 1. The fourth-order valence-corrected chi connectivity index (χ4v) is 3.01. The average Bonchev–Trinajstić information content (AvgIpc) is 2.97. The molecule has 0 spiro atoms. The van der Waals surface area contributed by atoms with E-state index in [9.17, 15) is 4.79 Å². The summed E-state index contributed by atoms with van der Waals surface area (Å²) in [4.78, 5) is 22.2. The van der Waals surface area contributed by atoms with Gasteiger partial charge in [-0.3, -0.25) is 9.69 Å². The summed E-state index contributed by atoms with van der Waals surface area (Å²) in [7, 11) is 1.63. The fraction of sp³-hybridized carbons (Fsp3) is 0.211. The average molecular weight is 332 g/mol. The minimum atomic E-state index is -0.287. The normalized spacial score (nSPS) is 17.5. The van der Waals surface area contributed by atoms with Crippen molar-refractivity contribution in [1.82, 2.24) is 9.88 Å². The second kappa shape index (κ2) is 5.64. The van der Waals surface area contributed by atoms with Crippen LogP contribution in [0.4, 0.5) is 0 Å². The molecule has 1 unspecified atom stereocenters. The molecule has 1 atom stereocenters. The van der Waals surface area contributed by atoms with E-state index in [2.05, 4.69) is 21.8 Å². The van der Waals surface area contributed by atoms with E-state index < -0.39 is 0 Å². The maximum Gasteiger partial charge on any atom is 0.231 e. The lowest BCUT2D eigenvalue weighted by Gasteiger charge is -2.25. The number of aromatic nitrogens is 1. The molecule has 0 aliphatic carbocycles. The molecule has 0 bridgehead atoms. The Morgan fingerprint density at radius 1 is 1.32 bits per heavy atom. The highest BCUT2D eigenvalue weighted by molar-refractivity contribution is 6.04. The third-order valence-electron chi connectivity index (χ3n) is 4.38. The Morgan fingerprint density at radius 2 is 2.16 bits per heavy atom. The highest BCUT2D eigenvalue weighted by Crippen LogP contribution is 2.33. The van der Waals surface area contributed by atoms with E-state index in [0.29, 0.717) is 12.1 Å². The Bertz CT molecular complexity index is 1100. The summed E-state index contributed by atoms with van der Waals surface area (Å²) >= 11 is 0. The van der Waals surface area contributed by atoms with Crippen LogP contribution in [0.2, 0.25) is 0 Å². The number of guanidine groups is 1. The van der Waals surface area contributed by atoms with E-state index in [1.54, 1.807) is 20.2 Å². The fourth-order valence-electron chi connectivity index (χ4n) is 3.01. The highest BCUT2D eigenvalue weighted by Gasteiger charge is 2.26. The zero-order valence-corrected chi connectivity index (χ0v) is 13.9. The molecular weight excluding hydrogens is 316 g/mol. The van der Waals surface area contributed by atoms with E-state index in [1.807, 2.05) is 24.3 Å². The molecule has 3 heterocycles. The van der Waals surface area contributed by atoms with Gasteiger partial charge in [-0.15, -0.1) is 5.92 Å². The molecule has 1 aliphatic heterocycles. The molecule has 0 saturated heterocycles. The van der Waals surface area contributed by atoms with Gasteiger partial charge in [-0.25, -0.2) is 9.98 Å². The van der Waals surface area contributed by atoms with Crippen molar-refractivity contribution in [2.24, 2.45) is 10.7 Å². The molecular formula is C19H16N4O2. The van der Waals surface area contributed by atoms with Crippen molar-refractivity contribution in [3.8, 4) is 11.8 Å². The van der Waals surface area contributed by atoms with Gasteiger partial charge < -0.3 is 10.2 Å². The summed E-state index contributed by atoms with van der Waals surface area (Å²) in [6.07, 6.45) is 1.99. The summed E-state index contributed by atoms with van der Waals surface area (Å²) in [6, 6.07) is 7.46. The predicted octanol–water partition coefficient (Wildman–Crippen LogP) is 2.57. The van der Waals surface area contributed by atoms with Gasteiger partial charge in [-0.05, 0) is 30.7 Å². The lowest BCUT2D eigenvalue weighted by atomic mass is 10.00. The third kappa shape index (κ3) is 2.50. The third-order valence-corrected chi connectivity index (χ3v) is 4.38. The maximum atomic E-state index is 12.1. The van der Waals surface area contributed by atoms with Gasteiger partial charge in [0.25, 0.3) is 0 Å². The van der Waals surface area contributed by atoms with Gasteiger partial charge in [0.1, 0.15) is 5.58 Å². The van der Waals surface area contributed by atoms with Gasteiger partial charge in [0.15, 0.2) is 5.96 Å². The number of benzene rings is 1. The Hall–Kier alpha value is -3.33. The second-order valence-electron chi connectivity index (χ2n) is 5.97. The number of carbonyl (C=O) groups excluding carboxylic acids is 1. The number of rotatable bonds is 1. The van der Waals surface area contributed by atoms with Gasteiger partial charge in [0.05, 0.1) is 12.5 Å². The number of furan rings is 1. The summed E-state index contributed by atoms with van der Waals surface area (Å²) < 4.78 is 5.79. The standard InChI is InChI=1S/C19H16N4O2/c1-3-4-11-7-14-13-8-12(5-6-16(13)25-18(14)21-10-11)15-9-17(24)23(2)19(20)22-15/h5-8,10,15H,9H2,1-2H3,(H2,20,22). The zero-order valence-electron chi connectivity index (χ0n) is 13.9. The van der Waals surface area contributed by atoms with Crippen molar-refractivity contribution in [2.45, 2.75) is 19.4 Å². The molecule has 6 nitrogen and oxygen atoms in total. The maximum absolute atomic E-state index is 12.1. The summed E-state index contributed by atoms with van der Waals surface area (Å²) in [6.45, 7) is 1.79. The molecule has 0 radical (unpaired) electrons. The first-order valence-corrected chi connectivity index (χ1v) is 7.91. The van der Waals surface area contributed by atoms with E-state index in [-0.39, 0.29) is 17.9 Å². The molecule has 1 amide bonds. The van der Waals surface area contributed by atoms with Crippen LogP contribution in [0.5, 0.6) is 0 Å². The Kier molecular flexibility index (Phi) is 3.43. The van der Waals surface area contributed by atoms with Gasteiger partial charge >= 0.3 is 0 Å². The van der Waals surface area contributed by atoms with Crippen LogP contribution in [0.1, 0.15) is 30.5 Å². The van der Waals surface area contributed by atoms with Gasteiger partial charge in [0.2, 0.25) is 11.6 Å². The summed E-state index contributed by atoms with van der Waals surface area (Å²) in [5, 5.41) is 1.83. The SMILES string of the molecule is CC#Cc1cnc2oc3ccc(C4CC(=O)N(C)C(N)=N4)cc3c2c1. The first kappa shape index (κ1) is 15.2. The van der Waals surface area contributed by atoms with Crippen LogP contribution in [-0.4, -0.2) is 28.8 Å². The molecule has 124 valence electrons. The highest BCUT2D eigenvalue weighted by atomic mass is 16.3. The van der Waals surface area contributed by atoms with Crippen molar-refractivity contribution in [1.29, 1.82) is 0 Å². The second-order valence-corrected chi connectivity index (χ2v) is 5.97. The van der Waals surface area contributed by atoms with Crippen LogP contribution in [0.3, 0.4) is 0 Å². The first-order valence-electron chi connectivity index (χ1n) is 7.91. The Labute approximate surface area is 144 Å². The summed E-state index contributed by atoms with van der Waals surface area (Å²) in [5.41, 5.74) is 8.91. The largest absolute Gasteiger partial charge is 0.438 e. The number of nitrogens with two attached hydrogens (primary N) is 1. The van der Waals surface area contributed by atoms with E-state index in [4.69, 9.17) is 10.2 Å². The minimum Gasteiger partial charge on any atom is -0.438 e. The molecule has 4 rings (SSSR count). The van der Waals surface area contributed by atoms with Crippen LogP contribution < -0.4 is 5.73 Å². The molecule has 1 aliphatic rings. The van der Waals surface area contributed by atoms with Crippen molar-refractivity contribution in [3.63, 3.8) is 0 Å². The predicted molar refractivity (Wildman–Crippen MR) is 95.8 cm³/mol. The summed E-state index contributed by atoms with van der Waals surface area (Å²) in [5.74, 6) is 6.07.